The van der Waals surface area contributed by atoms with Crippen molar-refractivity contribution in [2.75, 3.05) is 12.4 Å². The highest BCUT2D eigenvalue weighted by Crippen LogP contribution is 2.41. The van der Waals surface area contributed by atoms with Crippen molar-refractivity contribution in [3.63, 3.8) is 0 Å². The lowest BCUT2D eigenvalue weighted by Crippen LogP contribution is -1.98. The average Bonchev–Trinajstić information content (AvgIpc) is 3.10. The third kappa shape index (κ3) is 2.23. The molecular formula is C17H13F2N3O. The molecule has 116 valence electrons. The molecular weight excluding hydrogens is 300 g/mol. The summed E-state index contributed by atoms with van der Waals surface area (Å²) in [7, 11) is 1.62. The molecule has 0 spiro atoms. The maximum atomic E-state index is 13.8. The fourth-order valence-electron chi connectivity index (χ4n) is 2.84. The van der Waals surface area contributed by atoms with E-state index in [0.29, 0.717) is 12.2 Å². The van der Waals surface area contributed by atoms with Crippen LogP contribution in [0, 0.1) is 11.6 Å². The van der Waals surface area contributed by atoms with Gasteiger partial charge in [0.25, 0.3) is 0 Å². The zero-order valence-electron chi connectivity index (χ0n) is 12.3. The first-order valence-corrected chi connectivity index (χ1v) is 7.12. The van der Waals surface area contributed by atoms with E-state index in [0.717, 1.165) is 46.3 Å². The lowest BCUT2D eigenvalue weighted by molar-refractivity contribution is 0.415. The topological polar surface area (TPSA) is 49.9 Å². The zero-order chi connectivity index (χ0) is 16.0. The van der Waals surface area contributed by atoms with Gasteiger partial charge in [-0.2, -0.15) is 5.10 Å². The number of aromatic amines is 1. The monoisotopic (exact) mass is 313 g/mol. The molecule has 0 saturated heterocycles. The Balaban J connectivity index is 1.72. The van der Waals surface area contributed by atoms with Gasteiger partial charge in [0.1, 0.15) is 17.4 Å². The summed E-state index contributed by atoms with van der Waals surface area (Å²) in [6.45, 7) is 0. The van der Waals surface area contributed by atoms with Crippen molar-refractivity contribution in [2.24, 2.45) is 0 Å². The van der Waals surface area contributed by atoms with Gasteiger partial charge in [0.15, 0.2) is 5.82 Å². The maximum absolute atomic E-state index is 13.8. The minimum absolute atomic E-state index is 0.0628. The lowest BCUT2D eigenvalue weighted by Gasteiger charge is -2.06. The van der Waals surface area contributed by atoms with E-state index in [9.17, 15) is 8.78 Å². The Morgan fingerprint density at radius 2 is 2.04 bits per heavy atom. The van der Waals surface area contributed by atoms with Crippen LogP contribution in [0.15, 0.2) is 36.4 Å². The summed E-state index contributed by atoms with van der Waals surface area (Å²) < 4.78 is 32.3. The van der Waals surface area contributed by atoms with E-state index in [1.807, 2.05) is 18.2 Å². The summed E-state index contributed by atoms with van der Waals surface area (Å²) in [5, 5.41) is 10.0. The Bertz CT molecular complexity index is 905. The van der Waals surface area contributed by atoms with Crippen LogP contribution in [-0.2, 0) is 6.42 Å². The number of hydrogen-bond donors (Lipinski definition) is 2. The van der Waals surface area contributed by atoms with Crippen molar-refractivity contribution >= 4 is 11.5 Å². The average molecular weight is 313 g/mol. The smallest absolute Gasteiger partial charge is 0.156 e. The molecule has 1 aliphatic carbocycles. The molecule has 2 aromatic carbocycles. The van der Waals surface area contributed by atoms with Gasteiger partial charge >= 0.3 is 0 Å². The van der Waals surface area contributed by atoms with E-state index in [1.54, 1.807) is 7.11 Å². The second-order valence-electron chi connectivity index (χ2n) is 5.37. The van der Waals surface area contributed by atoms with Crippen molar-refractivity contribution in [1.29, 1.82) is 0 Å². The number of aromatic nitrogens is 2. The molecule has 0 atom stereocenters. The lowest BCUT2D eigenvalue weighted by atomic mass is 10.1. The Morgan fingerprint density at radius 1 is 1.17 bits per heavy atom. The van der Waals surface area contributed by atoms with Crippen LogP contribution in [0.1, 0.15) is 11.1 Å². The molecule has 0 radical (unpaired) electrons. The zero-order valence-corrected chi connectivity index (χ0v) is 12.3. The van der Waals surface area contributed by atoms with Crippen LogP contribution in [-0.4, -0.2) is 17.3 Å². The van der Waals surface area contributed by atoms with Crippen LogP contribution >= 0.6 is 0 Å². The second kappa shape index (κ2) is 5.08. The molecule has 1 aliphatic rings. The summed E-state index contributed by atoms with van der Waals surface area (Å²) in [5.74, 6) is 0.228. The fourth-order valence-corrected chi connectivity index (χ4v) is 2.84. The van der Waals surface area contributed by atoms with Gasteiger partial charge in [0.05, 0.1) is 18.5 Å². The molecule has 4 nitrogen and oxygen atoms in total. The number of anilines is 2. The molecule has 0 amide bonds. The van der Waals surface area contributed by atoms with Gasteiger partial charge < -0.3 is 10.1 Å². The highest BCUT2D eigenvalue weighted by Gasteiger charge is 2.25. The minimum Gasteiger partial charge on any atom is -0.497 e. The Morgan fingerprint density at radius 3 is 2.87 bits per heavy atom. The molecule has 0 saturated carbocycles. The fraction of sp³-hybridized carbons (Fsp3) is 0.118. The second-order valence-corrected chi connectivity index (χ2v) is 5.37. The number of fused-ring (bicyclic) bond motifs is 3. The van der Waals surface area contributed by atoms with Gasteiger partial charge in [0, 0.05) is 23.6 Å². The van der Waals surface area contributed by atoms with Crippen molar-refractivity contribution in [1.82, 2.24) is 10.2 Å². The molecule has 3 aromatic rings. The van der Waals surface area contributed by atoms with E-state index in [4.69, 9.17) is 4.74 Å². The molecule has 6 heteroatoms. The first kappa shape index (κ1) is 13.8. The van der Waals surface area contributed by atoms with Gasteiger partial charge in [0.2, 0.25) is 0 Å². The predicted octanol–water partition coefficient (Wildman–Crippen LogP) is 4.01. The predicted molar refractivity (Wildman–Crippen MR) is 83.0 cm³/mol. The Hall–Kier alpha value is -2.89. The number of H-pyrrole nitrogens is 1. The van der Waals surface area contributed by atoms with Gasteiger partial charge in [-0.15, -0.1) is 0 Å². The molecule has 4 rings (SSSR count). The first-order chi connectivity index (χ1) is 11.2. The van der Waals surface area contributed by atoms with Gasteiger partial charge in [-0.3, -0.25) is 5.10 Å². The van der Waals surface area contributed by atoms with Gasteiger partial charge in [-0.1, -0.05) is 6.07 Å². The largest absolute Gasteiger partial charge is 0.497 e. The molecule has 1 heterocycles. The van der Waals surface area contributed by atoms with Gasteiger partial charge in [-0.25, -0.2) is 8.78 Å². The van der Waals surface area contributed by atoms with Crippen molar-refractivity contribution in [3.8, 4) is 17.0 Å². The molecule has 0 unspecified atom stereocenters. The van der Waals surface area contributed by atoms with Crippen LogP contribution in [0.25, 0.3) is 11.3 Å². The summed E-state index contributed by atoms with van der Waals surface area (Å²) in [4.78, 5) is 0. The van der Waals surface area contributed by atoms with Crippen LogP contribution in [0.4, 0.5) is 20.3 Å². The minimum atomic E-state index is -0.527. The number of methoxy groups -OCH3 is 1. The van der Waals surface area contributed by atoms with E-state index >= 15 is 0 Å². The highest BCUT2D eigenvalue weighted by atomic mass is 19.1. The quantitative estimate of drug-likeness (QED) is 0.601. The van der Waals surface area contributed by atoms with Gasteiger partial charge in [-0.05, 0) is 29.8 Å². The maximum Gasteiger partial charge on any atom is 0.156 e. The number of halogens is 2. The van der Waals surface area contributed by atoms with Crippen LogP contribution < -0.4 is 10.1 Å². The summed E-state index contributed by atoms with van der Waals surface area (Å²) >= 11 is 0. The summed E-state index contributed by atoms with van der Waals surface area (Å²) in [6, 6.07) is 9.11. The molecule has 0 bridgehead atoms. The Labute approximate surface area is 131 Å². The normalized spacial score (nSPS) is 12.0. The summed E-state index contributed by atoms with van der Waals surface area (Å²) in [6.07, 6.45) is 0.671. The number of nitrogens with zero attached hydrogens (tertiary/aromatic N) is 1. The number of benzene rings is 2. The third-order valence-corrected chi connectivity index (χ3v) is 4.00. The molecule has 23 heavy (non-hydrogen) atoms. The van der Waals surface area contributed by atoms with Crippen molar-refractivity contribution < 1.29 is 13.5 Å². The number of ether oxygens (including phenoxy) is 1. The summed E-state index contributed by atoms with van der Waals surface area (Å²) in [5.41, 5.74) is 4.01. The van der Waals surface area contributed by atoms with E-state index in [1.165, 1.54) is 0 Å². The van der Waals surface area contributed by atoms with Crippen molar-refractivity contribution in [3.05, 3.63) is 59.2 Å². The Kier molecular flexibility index (Phi) is 3.04. The standard InChI is InChI=1S/C17H13F2N3O/c1-23-11-4-2-9-6-13-16(12(9)8-11)21-22-17(13)20-15-7-10(18)3-5-14(15)19/h2-5,7-8H,6H2,1H3,(H2,20,21,22). The number of nitrogens with one attached hydrogen (secondary N) is 2. The number of hydrogen-bond acceptors (Lipinski definition) is 3. The van der Waals surface area contributed by atoms with Crippen LogP contribution in [0.5, 0.6) is 5.75 Å². The molecule has 2 N–H and O–H groups in total. The number of rotatable bonds is 3. The highest BCUT2D eigenvalue weighted by molar-refractivity contribution is 5.80. The van der Waals surface area contributed by atoms with Crippen LogP contribution in [0.2, 0.25) is 0 Å². The molecule has 0 fully saturated rings. The van der Waals surface area contributed by atoms with E-state index in [2.05, 4.69) is 15.5 Å². The third-order valence-electron chi connectivity index (χ3n) is 4.00. The SMILES string of the molecule is COc1ccc2c(c1)-c1[nH]nc(Nc3cc(F)ccc3F)c1C2. The molecule has 0 aliphatic heterocycles. The molecule has 1 aromatic heterocycles. The van der Waals surface area contributed by atoms with E-state index in [-0.39, 0.29) is 5.69 Å². The van der Waals surface area contributed by atoms with Crippen LogP contribution in [0.3, 0.4) is 0 Å². The first-order valence-electron chi connectivity index (χ1n) is 7.12. The van der Waals surface area contributed by atoms with E-state index < -0.39 is 11.6 Å². The van der Waals surface area contributed by atoms with Crippen molar-refractivity contribution in [2.45, 2.75) is 6.42 Å².